The smallest absolute Gasteiger partial charge is 0.140 e. The summed E-state index contributed by atoms with van der Waals surface area (Å²) in [5, 5.41) is 0. The number of Topliss-reactive ketones (excluding diaryl/α,β-unsaturated/α-hetero) is 2. The molecule has 4 rings (SSSR count). The summed E-state index contributed by atoms with van der Waals surface area (Å²) < 4.78 is 0. The first-order valence-electron chi connectivity index (χ1n) is 8.83. The number of ketones is 2. The molecule has 2 nitrogen and oxygen atoms in total. The zero-order chi connectivity index (χ0) is 13.7. The molecule has 6 unspecified atom stereocenters. The molecule has 4 aliphatic rings. The van der Waals surface area contributed by atoms with E-state index in [1.54, 1.807) is 0 Å². The van der Waals surface area contributed by atoms with Gasteiger partial charge in [-0.3, -0.25) is 9.59 Å². The van der Waals surface area contributed by atoms with Crippen LogP contribution in [0.25, 0.3) is 0 Å². The Bertz CT molecular complexity index is 387. The molecule has 2 heteroatoms. The van der Waals surface area contributed by atoms with E-state index in [0.717, 1.165) is 50.4 Å². The van der Waals surface area contributed by atoms with Crippen molar-refractivity contribution in [3.05, 3.63) is 0 Å². The lowest BCUT2D eigenvalue weighted by Crippen LogP contribution is -2.52. The third kappa shape index (κ3) is 1.90. The molecule has 0 radical (unpaired) electrons. The highest BCUT2D eigenvalue weighted by atomic mass is 16.1. The maximum atomic E-state index is 12.9. The number of fused-ring (bicyclic) bond motifs is 3. The van der Waals surface area contributed by atoms with Crippen molar-refractivity contribution in [3.63, 3.8) is 0 Å². The van der Waals surface area contributed by atoms with Gasteiger partial charge in [-0.1, -0.05) is 38.5 Å². The molecule has 0 spiro atoms. The molecule has 0 amide bonds. The van der Waals surface area contributed by atoms with E-state index in [-0.39, 0.29) is 23.7 Å². The number of carbonyl (C=O) groups is 2. The lowest BCUT2D eigenvalue weighted by molar-refractivity contribution is -0.153. The van der Waals surface area contributed by atoms with Crippen LogP contribution in [0.15, 0.2) is 0 Å². The minimum absolute atomic E-state index is 0.109. The van der Waals surface area contributed by atoms with Crippen LogP contribution < -0.4 is 0 Å². The summed E-state index contributed by atoms with van der Waals surface area (Å²) in [4.78, 5) is 25.7. The highest BCUT2D eigenvalue weighted by Gasteiger charge is 2.53. The minimum Gasteiger partial charge on any atom is -0.299 e. The van der Waals surface area contributed by atoms with E-state index in [0.29, 0.717) is 11.6 Å². The summed E-state index contributed by atoms with van der Waals surface area (Å²) in [6.07, 6.45) is 11.7. The van der Waals surface area contributed by atoms with Crippen LogP contribution in [0.3, 0.4) is 0 Å². The largest absolute Gasteiger partial charge is 0.299 e. The first-order valence-corrected chi connectivity index (χ1v) is 8.83. The third-order valence-electron chi connectivity index (χ3n) is 6.89. The predicted molar refractivity (Wildman–Crippen MR) is 77.1 cm³/mol. The molecular formula is C18H26O2. The fourth-order valence-electron chi connectivity index (χ4n) is 5.88. The van der Waals surface area contributed by atoms with Crippen molar-refractivity contribution in [2.45, 2.75) is 64.2 Å². The zero-order valence-electron chi connectivity index (χ0n) is 12.4. The molecule has 0 aromatic rings. The van der Waals surface area contributed by atoms with Gasteiger partial charge in [-0.2, -0.15) is 0 Å². The van der Waals surface area contributed by atoms with Crippen LogP contribution >= 0.6 is 0 Å². The van der Waals surface area contributed by atoms with E-state index in [1.807, 2.05) is 0 Å². The van der Waals surface area contributed by atoms with Gasteiger partial charge in [0.05, 0.1) is 0 Å². The fraction of sp³-hybridized carbons (Fsp3) is 0.889. The molecule has 20 heavy (non-hydrogen) atoms. The molecule has 0 heterocycles. The highest BCUT2D eigenvalue weighted by Crippen LogP contribution is 2.51. The maximum absolute atomic E-state index is 12.9. The van der Waals surface area contributed by atoms with Gasteiger partial charge in [0.1, 0.15) is 11.6 Å². The first kappa shape index (κ1) is 13.0. The summed E-state index contributed by atoms with van der Waals surface area (Å²) in [6, 6.07) is 0. The van der Waals surface area contributed by atoms with Gasteiger partial charge in [0.2, 0.25) is 0 Å². The number of rotatable bonds is 0. The molecule has 6 atom stereocenters. The Balaban J connectivity index is 1.60. The Morgan fingerprint density at radius 2 is 0.950 bits per heavy atom. The number of hydrogen-bond acceptors (Lipinski definition) is 2. The maximum Gasteiger partial charge on any atom is 0.140 e. The van der Waals surface area contributed by atoms with Gasteiger partial charge < -0.3 is 0 Å². The summed E-state index contributed by atoms with van der Waals surface area (Å²) in [5.74, 6) is 2.92. The molecule has 4 saturated carbocycles. The summed E-state index contributed by atoms with van der Waals surface area (Å²) in [5.41, 5.74) is 0. The summed E-state index contributed by atoms with van der Waals surface area (Å²) in [6.45, 7) is 0. The van der Waals surface area contributed by atoms with Crippen LogP contribution in [0.2, 0.25) is 0 Å². The second-order valence-corrected chi connectivity index (χ2v) is 7.79. The van der Waals surface area contributed by atoms with Crippen molar-refractivity contribution >= 4 is 11.6 Å². The Kier molecular flexibility index (Phi) is 3.23. The second-order valence-electron chi connectivity index (χ2n) is 7.79. The van der Waals surface area contributed by atoms with E-state index < -0.39 is 0 Å². The fourth-order valence-corrected chi connectivity index (χ4v) is 5.88. The van der Waals surface area contributed by atoms with Crippen molar-refractivity contribution in [2.75, 3.05) is 0 Å². The van der Waals surface area contributed by atoms with Gasteiger partial charge in [-0.25, -0.2) is 0 Å². The van der Waals surface area contributed by atoms with Crippen molar-refractivity contribution in [3.8, 4) is 0 Å². The highest BCUT2D eigenvalue weighted by molar-refractivity contribution is 5.99. The van der Waals surface area contributed by atoms with Crippen LogP contribution in [0.4, 0.5) is 0 Å². The quantitative estimate of drug-likeness (QED) is 0.673. The topological polar surface area (TPSA) is 34.1 Å². The van der Waals surface area contributed by atoms with Crippen LogP contribution in [0.5, 0.6) is 0 Å². The van der Waals surface area contributed by atoms with Gasteiger partial charge in [0, 0.05) is 23.7 Å². The van der Waals surface area contributed by atoms with Crippen LogP contribution in [0, 0.1) is 35.5 Å². The van der Waals surface area contributed by atoms with Crippen molar-refractivity contribution < 1.29 is 9.59 Å². The molecule has 4 aliphatic carbocycles. The van der Waals surface area contributed by atoms with Crippen molar-refractivity contribution in [1.82, 2.24) is 0 Å². The molecule has 0 saturated heterocycles. The van der Waals surface area contributed by atoms with E-state index in [4.69, 9.17) is 0 Å². The third-order valence-corrected chi connectivity index (χ3v) is 6.89. The molecule has 0 aliphatic heterocycles. The average molecular weight is 274 g/mol. The molecule has 0 bridgehead atoms. The van der Waals surface area contributed by atoms with Crippen LogP contribution in [0.1, 0.15) is 64.2 Å². The number of hydrogen-bond donors (Lipinski definition) is 0. The molecule has 0 N–H and O–H groups in total. The van der Waals surface area contributed by atoms with Crippen molar-refractivity contribution in [1.29, 1.82) is 0 Å². The lowest BCUT2D eigenvalue weighted by Gasteiger charge is -2.49. The SMILES string of the molecule is O=C1C2CCCCC2C(=O)C2CC3CCCCC3CC12. The van der Waals surface area contributed by atoms with Gasteiger partial charge in [-0.05, 0) is 37.5 Å². The monoisotopic (exact) mass is 274 g/mol. The van der Waals surface area contributed by atoms with Crippen LogP contribution in [-0.4, -0.2) is 11.6 Å². The van der Waals surface area contributed by atoms with Gasteiger partial charge in [0.25, 0.3) is 0 Å². The van der Waals surface area contributed by atoms with E-state index in [2.05, 4.69) is 0 Å². The minimum atomic E-state index is 0.109. The lowest BCUT2D eigenvalue weighted by atomic mass is 9.53. The number of carbonyl (C=O) groups excluding carboxylic acids is 2. The Morgan fingerprint density at radius 3 is 1.40 bits per heavy atom. The van der Waals surface area contributed by atoms with E-state index in [9.17, 15) is 9.59 Å². The Hall–Kier alpha value is -0.660. The average Bonchev–Trinajstić information content (AvgIpc) is 2.51. The van der Waals surface area contributed by atoms with E-state index >= 15 is 0 Å². The summed E-state index contributed by atoms with van der Waals surface area (Å²) >= 11 is 0. The van der Waals surface area contributed by atoms with Gasteiger partial charge >= 0.3 is 0 Å². The Labute approximate surface area is 121 Å². The zero-order valence-corrected chi connectivity index (χ0v) is 12.4. The van der Waals surface area contributed by atoms with E-state index in [1.165, 1.54) is 25.7 Å². The standard InChI is InChI=1S/C18H26O2/c19-17-13-7-3-4-8-14(13)18(20)16-10-12-6-2-1-5-11(12)9-15(16)17/h11-16H,1-10H2. The first-order chi connectivity index (χ1) is 9.75. The summed E-state index contributed by atoms with van der Waals surface area (Å²) in [7, 11) is 0. The van der Waals surface area contributed by atoms with Gasteiger partial charge in [0.15, 0.2) is 0 Å². The Morgan fingerprint density at radius 1 is 0.550 bits per heavy atom. The second kappa shape index (κ2) is 4.96. The normalized spacial score (nSPS) is 48.2. The van der Waals surface area contributed by atoms with Gasteiger partial charge in [-0.15, -0.1) is 0 Å². The molecule has 0 aromatic heterocycles. The predicted octanol–water partition coefficient (Wildman–Crippen LogP) is 3.78. The molecule has 4 fully saturated rings. The molecular weight excluding hydrogens is 248 g/mol. The van der Waals surface area contributed by atoms with Crippen molar-refractivity contribution in [2.24, 2.45) is 35.5 Å². The molecule has 110 valence electrons. The van der Waals surface area contributed by atoms with Crippen LogP contribution in [-0.2, 0) is 9.59 Å². The molecule has 0 aromatic carbocycles.